The van der Waals surface area contributed by atoms with E-state index >= 15 is 0 Å². The minimum Gasteiger partial charge on any atom is -0.346 e. The predicted octanol–water partition coefficient (Wildman–Crippen LogP) is 3.60. The summed E-state index contributed by atoms with van der Waals surface area (Å²) in [5.41, 5.74) is -2.05. The summed E-state index contributed by atoms with van der Waals surface area (Å²) in [6.45, 7) is 17.6. The number of sulfone groups is 1. The van der Waals surface area contributed by atoms with Crippen molar-refractivity contribution in [3.05, 3.63) is 12.7 Å². The molecule has 284 valence electrons. The lowest BCUT2D eigenvalue weighted by Gasteiger charge is -2.41. The second kappa shape index (κ2) is 15.7. The van der Waals surface area contributed by atoms with Gasteiger partial charge in [0.2, 0.25) is 17.6 Å². The monoisotopic (exact) mass is 725 g/mol. The standard InChI is InChI=1S/C36H60FN5O7S/c1-10-20-38-30(45)27(43)24(16-12-15-19-37)39-29(44)26-25-23(35(25,8)9)21-42(26)31(46)28(33(2,3)4)40-32(47)41-36(17-13-11-14-18-36)22-50(48,49)34(5,6)7/h10,23-26,28H,1,11-22H2,2-9H3,(H,38,45)(H,39,44)(H2,40,41,47)/t23-,24?,25-,26-,28+/m0/s1. The first-order valence-electron chi connectivity index (χ1n) is 17.9. The van der Waals surface area contributed by atoms with E-state index in [1.165, 1.54) is 11.0 Å². The molecule has 3 rings (SSSR count). The zero-order chi connectivity index (χ0) is 37.9. The first-order valence-corrected chi connectivity index (χ1v) is 19.6. The number of likely N-dealkylation sites (tertiary alicyclic amines) is 1. The smallest absolute Gasteiger partial charge is 0.315 e. The number of nitrogens with one attached hydrogen (secondary N) is 4. The highest BCUT2D eigenvalue weighted by molar-refractivity contribution is 7.92. The number of nitrogens with zero attached hydrogens (tertiary/aromatic N) is 1. The molecule has 2 aliphatic carbocycles. The zero-order valence-corrected chi connectivity index (χ0v) is 32.1. The number of unbranched alkanes of at least 4 members (excludes halogenated alkanes) is 1. The molecule has 14 heteroatoms. The van der Waals surface area contributed by atoms with Gasteiger partial charge >= 0.3 is 6.03 Å². The molecule has 12 nitrogen and oxygen atoms in total. The fraction of sp³-hybridized carbons (Fsp3) is 0.806. The number of alkyl halides is 1. The summed E-state index contributed by atoms with van der Waals surface area (Å²) in [5, 5.41) is 11.0. The third-order valence-electron chi connectivity index (χ3n) is 10.9. The SMILES string of the molecule is C=CCNC(=O)C(=O)C(CCCCF)NC(=O)[C@@H]1[C@@H]2[C@H](CN1C(=O)[C@@H](NC(=O)NC1(CS(=O)(=O)C(C)(C)C)CCCCC1)C(C)(C)C)C2(C)C. The molecule has 0 spiro atoms. The van der Waals surface area contributed by atoms with Gasteiger partial charge in [-0.3, -0.25) is 23.6 Å². The van der Waals surface area contributed by atoms with E-state index in [-0.39, 0.29) is 55.4 Å². The van der Waals surface area contributed by atoms with Crippen molar-refractivity contribution in [3.8, 4) is 0 Å². The molecule has 0 aromatic heterocycles. The van der Waals surface area contributed by atoms with Crippen LogP contribution in [0.2, 0.25) is 0 Å². The zero-order valence-electron chi connectivity index (χ0n) is 31.2. The van der Waals surface area contributed by atoms with Crippen LogP contribution in [0.1, 0.15) is 107 Å². The van der Waals surface area contributed by atoms with Crippen molar-refractivity contribution in [1.29, 1.82) is 0 Å². The van der Waals surface area contributed by atoms with Gasteiger partial charge in [0, 0.05) is 13.1 Å². The quantitative estimate of drug-likeness (QED) is 0.114. The van der Waals surface area contributed by atoms with Crippen molar-refractivity contribution in [1.82, 2.24) is 26.2 Å². The number of Topliss-reactive ketones (excluding diaryl/α,β-unsaturated/α-hetero) is 1. The molecule has 1 heterocycles. The summed E-state index contributed by atoms with van der Waals surface area (Å²) in [5.74, 6) is -3.25. The van der Waals surface area contributed by atoms with Gasteiger partial charge in [-0.05, 0) is 75.5 Å². The normalized spacial score (nSPS) is 23.9. The van der Waals surface area contributed by atoms with Crippen LogP contribution < -0.4 is 21.3 Å². The topological polar surface area (TPSA) is 171 Å². The number of piperidine rings is 1. The van der Waals surface area contributed by atoms with Gasteiger partial charge in [0.05, 0.1) is 28.8 Å². The Hall–Kier alpha value is -3.03. The number of hydrogen-bond acceptors (Lipinski definition) is 7. The van der Waals surface area contributed by atoms with E-state index in [9.17, 15) is 36.8 Å². The minimum absolute atomic E-state index is 0.00124. The average Bonchev–Trinajstić information content (AvgIpc) is 3.31. The van der Waals surface area contributed by atoms with Gasteiger partial charge in [-0.25, -0.2) is 13.2 Å². The number of ketones is 1. The van der Waals surface area contributed by atoms with Crippen LogP contribution >= 0.6 is 0 Å². The number of carbonyl (C=O) groups is 5. The van der Waals surface area contributed by atoms with Crippen molar-refractivity contribution in [2.75, 3.05) is 25.5 Å². The fourth-order valence-corrected chi connectivity index (χ4v) is 9.05. The van der Waals surface area contributed by atoms with Crippen LogP contribution in [0.15, 0.2) is 12.7 Å². The number of urea groups is 1. The molecule has 0 bridgehead atoms. The van der Waals surface area contributed by atoms with Gasteiger partial charge in [0.25, 0.3) is 5.91 Å². The molecule has 4 N–H and O–H groups in total. The lowest BCUT2D eigenvalue weighted by atomic mass is 9.83. The maximum atomic E-state index is 14.4. The van der Waals surface area contributed by atoms with Crippen molar-refractivity contribution in [2.24, 2.45) is 22.7 Å². The highest BCUT2D eigenvalue weighted by Crippen LogP contribution is 2.65. The van der Waals surface area contributed by atoms with Gasteiger partial charge < -0.3 is 26.2 Å². The summed E-state index contributed by atoms with van der Waals surface area (Å²) in [4.78, 5) is 69.3. The molecule has 1 unspecified atom stereocenters. The van der Waals surface area contributed by atoms with Gasteiger partial charge in [0.1, 0.15) is 12.1 Å². The third-order valence-corrected chi connectivity index (χ3v) is 13.7. The summed E-state index contributed by atoms with van der Waals surface area (Å²) >= 11 is 0. The van der Waals surface area contributed by atoms with Crippen LogP contribution in [0.3, 0.4) is 0 Å². The minimum atomic E-state index is -3.58. The molecule has 1 saturated heterocycles. The molecule has 3 aliphatic rings. The molecule has 5 atom stereocenters. The molecule has 50 heavy (non-hydrogen) atoms. The number of carbonyl (C=O) groups excluding carboxylic acids is 5. The summed E-state index contributed by atoms with van der Waals surface area (Å²) in [7, 11) is -3.58. The van der Waals surface area contributed by atoms with Gasteiger partial charge in [-0.1, -0.05) is 60.0 Å². The predicted molar refractivity (Wildman–Crippen MR) is 190 cm³/mol. The van der Waals surface area contributed by atoms with E-state index in [2.05, 4.69) is 27.8 Å². The molecule has 0 radical (unpaired) electrons. The molecule has 2 saturated carbocycles. The van der Waals surface area contributed by atoms with E-state index in [0.29, 0.717) is 12.8 Å². The van der Waals surface area contributed by atoms with Gasteiger partial charge in [-0.15, -0.1) is 6.58 Å². The Morgan fingerprint density at radius 3 is 2.14 bits per heavy atom. The highest BCUT2D eigenvalue weighted by atomic mass is 32.2. The Balaban J connectivity index is 1.86. The molecule has 0 aromatic carbocycles. The van der Waals surface area contributed by atoms with Crippen molar-refractivity contribution in [3.63, 3.8) is 0 Å². The Labute approximate surface area is 297 Å². The van der Waals surface area contributed by atoms with Crippen LogP contribution in [-0.2, 0) is 29.0 Å². The number of hydrogen-bond donors (Lipinski definition) is 4. The number of rotatable bonds is 15. The lowest BCUT2D eigenvalue weighted by molar-refractivity contribution is -0.145. The summed E-state index contributed by atoms with van der Waals surface area (Å²) in [6.07, 6.45) is 5.33. The number of amides is 5. The Kier molecular flexibility index (Phi) is 13.0. The Bertz CT molecular complexity index is 1410. The van der Waals surface area contributed by atoms with Crippen LogP contribution in [0.5, 0.6) is 0 Å². The van der Waals surface area contributed by atoms with E-state index in [0.717, 1.165) is 19.3 Å². The summed E-state index contributed by atoms with van der Waals surface area (Å²) in [6, 6.07) is -3.91. The van der Waals surface area contributed by atoms with Crippen molar-refractivity contribution >= 4 is 39.4 Å². The van der Waals surface area contributed by atoms with E-state index in [1.807, 2.05) is 13.8 Å². The highest BCUT2D eigenvalue weighted by Gasteiger charge is 2.70. The third kappa shape index (κ3) is 9.44. The Morgan fingerprint density at radius 2 is 1.60 bits per heavy atom. The fourth-order valence-electron chi connectivity index (χ4n) is 7.53. The van der Waals surface area contributed by atoms with E-state index in [1.54, 1.807) is 41.5 Å². The first-order chi connectivity index (χ1) is 23.0. The van der Waals surface area contributed by atoms with E-state index < -0.39 is 79.9 Å². The molecular formula is C36H60FN5O7S. The first kappa shape index (κ1) is 41.4. The molecule has 1 aliphatic heterocycles. The maximum absolute atomic E-state index is 14.4. The van der Waals surface area contributed by atoms with Crippen LogP contribution in [0, 0.1) is 22.7 Å². The molecule has 5 amide bonds. The van der Waals surface area contributed by atoms with E-state index in [4.69, 9.17) is 0 Å². The van der Waals surface area contributed by atoms with Gasteiger partial charge in [0.15, 0.2) is 9.84 Å². The second-order valence-electron chi connectivity index (χ2n) is 17.1. The summed E-state index contributed by atoms with van der Waals surface area (Å²) < 4.78 is 38.5. The lowest BCUT2D eigenvalue weighted by Crippen LogP contribution is -2.64. The van der Waals surface area contributed by atoms with Crippen LogP contribution in [0.25, 0.3) is 0 Å². The second-order valence-corrected chi connectivity index (χ2v) is 19.9. The van der Waals surface area contributed by atoms with Crippen LogP contribution in [-0.4, -0.2) is 96.8 Å². The number of halogens is 1. The largest absolute Gasteiger partial charge is 0.346 e. The molecular weight excluding hydrogens is 665 g/mol. The van der Waals surface area contributed by atoms with Crippen molar-refractivity contribution in [2.45, 2.75) is 135 Å². The van der Waals surface area contributed by atoms with Crippen LogP contribution in [0.4, 0.5) is 9.18 Å². The number of fused-ring (bicyclic) bond motifs is 1. The van der Waals surface area contributed by atoms with Gasteiger partial charge in [-0.2, -0.15) is 0 Å². The molecule has 0 aromatic rings. The maximum Gasteiger partial charge on any atom is 0.315 e. The Morgan fingerprint density at radius 1 is 0.980 bits per heavy atom. The molecule has 3 fully saturated rings. The van der Waals surface area contributed by atoms with Crippen molar-refractivity contribution < 1.29 is 36.8 Å². The average molecular weight is 726 g/mol.